The standard InChI is InChI=1S/C10H20N2O2/c11-9-6-12(3-5-13-8-9)7-10-2-1-4-14-10/h9-10H,1-8,11H2. The first-order valence-electron chi connectivity index (χ1n) is 5.52. The molecule has 0 aromatic carbocycles. The Balaban J connectivity index is 1.77. The molecule has 0 spiro atoms. The smallest absolute Gasteiger partial charge is 0.0702 e. The Kier molecular flexibility index (Phi) is 3.75. The van der Waals surface area contributed by atoms with Crippen molar-refractivity contribution < 1.29 is 9.47 Å². The van der Waals surface area contributed by atoms with E-state index in [-0.39, 0.29) is 6.04 Å². The van der Waals surface area contributed by atoms with Gasteiger partial charge in [0.15, 0.2) is 0 Å². The van der Waals surface area contributed by atoms with Crippen molar-refractivity contribution in [3.8, 4) is 0 Å². The summed E-state index contributed by atoms with van der Waals surface area (Å²) in [6.45, 7) is 5.40. The minimum absolute atomic E-state index is 0.166. The third kappa shape index (κ3) is 2.92. The van der Waals surface area contributed by atoms with E-state index in [0.29, 0.717) is 12.7 Å². The molecule has 2 rings (SSSR count). The lowest BCUT2D eigenvalue weighted by Crippen LogP contribution is -2.41. The predicted molar refractivity (Wildman–Crippen MR) is 54.2 cm³/mol. The Labute approximate surface area is 85.3 Å². The lowest BCUT2D eigenvalue weighted by atomic mass is 10.2. The summed E-state index contributed by atoms with van der Waals surface area (Å²) in [4.78, 5) is 2.37. The van der Waals surface area contributed by atoms with E-state index >= 15 is 0 Å². The number of hydrogen-bond acceptors (Lipinski definition) is 4. The SMILES string of the molecule is NC1COCCN(CC2CCCO2)C1. The topological polar surface area (TPSA) is 47.7 Å². The van der Waals surface area contributed by atoms with Crippen LogP contribution in [0.1, 0.15) is 12.8 Å². The van der Waals surface area contributed by atoms with Crippen molar-refractivity contribution >= 4 is 0 Å². The van der Waals surface area contributed by atoms with Gasteiger partial charge in [0.25, 0.3) is 0 Å². The summed E-state index contributed by atoms with van der Waals surface area (Å²) in [7, 11) is 0. The first-order valence-corrected chi connectivity index (χ1v) is 5.52. The first kappa shape index (κ1) is 10.4. The van der Waals surface area contributed by atoms with Crippen molar-refractivity contribution in [2.75, 3.05) is 39.5 Å². The summed E-state index contributed by atoms with van der Waals surface area (Å²) in [5.41, 5.74) is 5.89. The molecule has 0 aromatic heterocycles. The van der Waals surface area contributed by atoms with Gasteiger partial charge in [-0.15, -0.1) is 0 Å². The van der Waals surface area contributed by atoms with Gasteiger partial charge in [0, 0.05) is 32.3 Å². The van der Waals surface area contributed by atoms with Crippen LogP contribution in [0.25, 0.3) is 0 Å². The van der Waals surface area contributed by atoms with Crippen LogP contribution in [0.2, 0.25) is 0 Å². The molecule has 2 unspecified atom stereocenters. The zero-order valence-electron chi connectivity index (χ0n) is 8.65. The molecular formula is C10H20N2O2. The van der Waals surface area contributed by atoms with E-state index in [1.54, 1.807) is 0 Å². The summed E-state index contributed by atoms with van der Waals surface area (Å²) >= 11 is 0. The average Bonchev–Trinajstić information content (AvgIpc) is 2.56. The van der Waals surface area contributed by atoms with E-state index in [2.05, 4.69) is 4.90 Å². The molecule has 2 aliphatic rings. The van der Waals surface area contributed by atoms with E-state index in [4.69, 9.17) is 15.2 Å². The molecule has 2 fully saturated rings. The molecule has 0 amide bonds. The molecule has 4 heteroatoms. The van der Waals surface area contributed by atoms with Gasteiger partial charge in [-0.1, -0.05) is 0 Å². The highest BCUT2D eigenvalue weighted by Gasteiger charge is 2.21. The van der Waals surface area contributed by atoms with Gasteiger partial charge in [-0.05, 0) is 12.8 Å². The number of ether oxygens (including phenoxy) is 2. The fourth-order valence-corrected chi connectivity index (χ4v) is 2.15. The molecule has 14 heavy (non-hydrogen) atoms. The van der Waals surface area contributed by atoms with E-state index in [9.17, 15) is 0 Å². The lowest BCUT2D eigenvalue weighted by Gasteiger charge is -2.24. The highest BCUT2D eigenvalue weighted by atomic mass is 16.5. The number of nitrogens with two attached hydrogens (primary N) is 1. The van der Waals surface area contributed by atoms with Crippen molar-refractivity contribution in [3.05, 3.63) is 0 Å². The van der Waals surface area contributed by atoms with Gasteiger partial charge in [0.1, 0.15) is 0 Å². The second-order valence-electron chi connectivity index (χ2n) is 4.23. The van der Waals surface area contributed by atoms with Crippen LogP contribution in [-0.4, -0.2) is 56.5 Å². The van der Waals surface area contributed by atoms with E-state index in [1.807, 2.05) is 0 Å². The Morgan fingerprint density at radius 3 is 3.07 bits per heavy atom. The summed E-state index contributed by atoms with van der Waals surface area (Å²) in [5, 5.41) is 0. The maximum atomic E-state index is 5.89. The van der Waals surface area contributed by atoms with Crippen molar-refractivity contribution in [1.29, 1.82) is 0 Å². The zero-order valence-corrected chi connectivity index (χ0v) is 8.65. The molecule has 0 saturated carbocycles. The quantitative estimate of drug-likeness (QED) is 0.672. The zero-order chi connectivity index (χ0) is 9.80. The van der Waals surface area contributed by atoms with Crippen LogP contribution in [0.3, 0.4) is 0 Å². The molecule has 0 bridgehead atoms. The summed E-state index contributed by atoms with van der Waals surface area (Å²) in [6, 6.07) is 0.166. The van der Waals surface area contributed by atoms with Gasteiger partial charge in [0.05, 0.1) is 19.3 Å². The van der Waals surface area contributed by atoms with Gasteiger partial charge in [0.2, 0.25) is 0 Å². The highest BCUT2D eigenvalue weighted by Crippen LogP contribution is 2.13. The van der Waals surface area contributed by atoms with Crippen LogP contribution in [0.15, 0.2) is 0 Å². The van der Waals surface area contributed by atoms with Gasteiger partial charge in [-0.2, -0.15) is 0 Å². The Hall–Kier alpha value is -0.160. The largest absolute Gasteiger partial charge is 0.378 e. The van der Waals surface area contributed by atoms with Gasteiger partial charge in [-0.3, -0.25) is 4.90 Å². The second-order valence-corrected chi connectivity index (χ2v) is 4.23. The van der Waals surface area contributed by atoms with Crippen molar-refractivity contribution in [2.45, 2.75) is 25.0 Å². The predicted octanol–water partition coefficient (Wildman–Crippen LogP) is -0.175. The van der Waals surface area contributed by atoms with E-state index < -0.39 is 0 Å². The molecule has 0 aliphatic carbocycles. The second kappa shape index (κ2) is 5.07. The monoisotopic (exact) mass is 200 g/mol. The molecule has 0 aromatic rings. The summed E-state index contributed by atoms with van der Waals surface area (Å²) in [6.07, 6.45) is 2.84. The molecule has 2 saturated heterocycles. The van der Waals surface area contributed by atoms with Crippen LogP contribution >= 0.6 is 0 Å². The Morgan fingerprint density at radius 1 is 1.36 bits per heavy atom. The van der Waals surface area contributed by atoms with Crippen LogP contribution in [0.5, 0.6) is 0 Å². The molecule has 2 heterocycles. The fraction of sp³-hybridized carbons (Fsp3) is 1.00. The lowest BCUT2D eigenvalue weighted by molar-refractivity contribution is 0.0704. The number of hydrogen-bond donors (Lipinski definition) is 1. The molecule has 82 valence electrons. The highest BCUT2D eigenvalue weighted by molar-refractivity contribution is 4.76. The molecule has 0 radical (unpaired) electrons. The average molecular weight is 200 g/mol. The Morgan fingerprint density at radius 2 is 2.29 bits per heavy atom. The normalized spacial score (nSPS) is 35.8. The van der Waals surface area contributed by atoms with Crippen molar-refractivity contribution in [1.82, 2.24) is 4.90 Å². The van der Waals surface area contributed by atoms with E-state index in [1.165, 1.54) is 12.8 Å². The maximum absolute atomic E-state index is 5.89. The molecule has 2 atom stereocenters. The van der Waals surface area contributed by atoms with Crippen molar-refractivity contribution in [2.24, 2.45) is 5.73 Å². The third-order valence-corrected chi connectivity index (χ3v) is 2.86. The number of rotatable bonds is 2. The van der Waals surface area contributed by atoms with Crippen molar-refractivity contribution in [3.63, 3.8) is 0 Å². The number of nitrogens with zero attached hydrogens (tertiary/aromatic N) is 1. The van der Waals surface area contributed by atoms with Crippen LogP contribution < -0.4 is 5.73 Å². The van der Waals surface area contributed by atoms with E-state index in [0.717, 1.165) is 32.8 Å². The third-order valence-electron chi connectivity index (χ3n) is 2.86. The first-order chi connectivity index (χ1) is 6.84. The summed E-state index contributed by atoms with van der Waals surface area (Å²) in [5.74, 6) is 0. The fourth-order valence-electron chi connectivity index (χ4n) is 2.15. The molecule has 2 N–H and O–H groups in total. The van der Waals surface area contributed by atoms with Gasteiger partial charge < -0.3 is 15.2 Å². The Bertz CT molecular complexity index is 172. The minimum Gasteiger partial charge on any atom is -0.378 e. The minimum atomic E-state index is 0.166. The maximum Gasteiger partial charge on any atom is 0.0702 e. The summed E-state index contributed by atoms with van der Waals surface area (Å²) < 4.78 is 11.0. The molecular weight excluding hydrogens is 180 g/mol. The van der Waals surface area contributed by atoms with Gasteiger partial charge in [-0.25, -0.2) is 0 Å². The van der Waals surface area contributed by atoms with Crippen LogP contribution in [0, 0.1) is 0 Å². The molecule has 2 aliphatic heterocycles. The van der Waals surface area contributed by atoms with Crippen LogP contribution in [0.4, 0.5) is 0 Å². The van der Waals surface area contributed by atoms with Crippen LogP contribution in [-0.2, 0) is 9.47 Å². The molecule has 4 nitrogen and oxygen atoms in total. The van der Waals surface area contributed by atoms with Gasteiger partial charge >= 0.3 is 0 Å².